The van der Waals surface area contributed by atoms with Crippen molar-refractivity contribution in [2.75, 3.05) is 11.9 Å². The average molecular weight is 312 g/mol. The molecule has 0 fully saturated rings. The Bertz CT molecular complexity index is 777. The number of benzene rings is 1. The number of nitrogens with zero attached hydrogens (tertiary/aromatic N) is 1. The molecule has 5 heteroatoms. The predicted octanol–water partition coefficient (Wildman–Crippen LogP) is 3.05. The van der Waals surface area contributed by atoms with Crippen LogP contribution in [0.3, 0.4) is 0 Å². The maximum Gasteiger partial charge on any atom is 0.259 e. The Morgan fingerprint density at radius 2 is 1.96 bits per heavy atom. The van der Waals surface area contributed by atoms with E-state index < -0.39 is 0 Å². The molecule has 23 heavy (non-hydrogen) atoms. The van der Waals surface area contributed by atoms with Gasteiger partial charge in [-0.25, -0.2) is 0 Å². The molecule has 0 aliphatic carbocycles. The van der Waals surface area contributed by atoms with Crippen LogP contribution in [0.25, 0.3) is 0 Å². The van der Waals surface area contributed by atoms with Gasteiger partial charge in [0.15, 0.2) is 0 Å². The average Bonchev–Trinajstić information content (AvgIpc) is 2.85. The van der Waals surface area contributed by atoms with Crippen LogP contribution in [-0.2, 0) is 17.8 Å². The van der Waals surface area contributed by atoms with E-state index in [1.807, 2.05) is 30.0 Å². The molecule has 2 aromatic rings. The summed E-state index contributed by atoms with van der Waals surface area (Å²) in [7, 11) is 0. The van der Waals surface area contributed by atoms with Crippen molar-refractivity contribution >= 4 is 17.5 Å². The SMILES string of the molecule is CC(=O)N1CCc2ccc(NC(=O)c3cc(C)oc3C)cc2C1. The highest BCUT2D eigenvalue weighted by atomic mass is 16.3. The van der Waals surface area contributed by atoms with Gasteiger partial charge in [0.1, 0.15) is 11.5 Å². The highest BCUT2D eigenvalue weighted by Gasteiger charge is 2.19. The molecule has 0 atom stereocenters. The molecule has 3 rings (SSSR count). The second-order valence-corrected chi connectivity index (χ2v) is 5.96. The number of anilines is 1. The molecule has 0 saturated heterocycles. The number of aryl methyl sites for hydroxylation is 2. The zero-order valence-electron chi connectivity index (χ0n) is 13.6. The molecular weight excluding hydrogens is 292 g/mol. The number of hydrogen-bond donors (Lipinski definition) is 1. The standard InChI is InChI=1S/C18H20N2O3/c1-11-8-17(12(2)23-11)18(22)19-16-5-4-14-6-7-20(13(3)21)10-15(14)9-16/h4-5,8-9H,6-7,10H2,1-3H3,(H,19,22). The third kappa shape index (κ3) is 3.13. The van der Waals surface area contributed by atoms with Crippen LogP contribution >= 0.6 is 0 Å². The molecule has 0 bridgehead atoms. The van der Waals surface area contributed by atoms with Crippen LogP contribution < -0.4 is 5.32 Å². The third-order valence-corrected chi connectivity index (χ3v) is 4.21. The van der Waals surface area contributed by atoms with Crippen molar-refractivity contribution in [1.82, 2.24) is 4.90 Å². The number of carbonyl (C=O) groups excluding carboxylic acids is 2. The van der Waals surface area contributed by atoms with Crippen LogP contribution in [0.15, 0.2) is 28.7 Å². The molecule has 1 N–H and O–H groups in total. The molecule has 2 amide bonds. The highest BCUT2D eigenvalue weighted by molar-refractivity contribution is 6.05. The van der Waals surface area contributed by atoms with Crippen molar-refractivity contribution in [3.05, 3.63) is 52.5 Å². The van der Waals surface area contributed by atoms with Gasteiger partial charge in [-0.05, 0) is 49.6 Å². The zero-order chi connectivity index (χ0) is 16.6. The van der Waals surface area contributed by atoms with Crippen LogP contribution in [0.1, 0.15) is 39.9 Å². The summed E-state index contributed by atoms with van der Waals surface area (Å²) in [6.07, 6.45) is 0.850. The van der Waals surface area contributed by atoms with E-state index in [0.29, 0.717) is 17.9 Å². The van der Waals surface area contributed by atoms with E-state index in [9.17, 15) is 9.59 Å². The van der Waals surface area contributed by atoms with E-state index in [2.05, 4.69) is 5.32 Å². The first kappa shape index (κ1) is 15.3. The van der Waals surface area contributed by atoms with Crippen molar-refractivity contribution in [3.8, 4) is 0 Å². The Morgan fingerprint density at radius 3 is 2.61 bits per heavy atom. The molecule has 2 heterocycles. The van der Waals surface area contributed by atoms with Gasteiger partial charge in [0.25, 0.3) is 5.91 Å². The number of amides is 2. The van der Waals surface area contributed by atoms with Gasteiger partial charge in [-0.1, -0.05) is 6.07 Å². The van der Waals surface area contributed by atoms with E-state index in [4.69, 9.17) is 4.42 Å². The summed E-state index contributed by atoms with van der Waals surface area (Å²) >= 11 is 0. The van der Waals surface area contributed by atoms with Gasteiger partial charge < -0.3 is 14.6 Å². The number of hydrogen-bond acceptors (Lipinski definition) is 3. The second kappa shape index (κ2) is 5.91. The summed E-state index contributed by atoms with van der Waals surface area (Å²) in [5, 5.41) is 2.90. The minimum Gasteiger partial charge on any atom is -0.466 e. The molecule has 0 unspecified atom stereocenters. The molecule has 0 radical (unpaired) electrons. The molecule has 1 aliphatic heterocycles. The molecular formula is C18H20N2O3. The lowest BCUT2D eigenvalue weighted by atomic mass is 9.99. The molecule has 1 aliphatic rings. The first-order valence-corrected chi connectivity index (χ1v) is 7.70. The monoisotopic (exact) mass is 312 g/mol. The lowest BCUT2D eigenvalue weighted by molar-refractivity contribution is -0.129. The Labute approximate surface area is 135 Å². The van der Waals surface area contributed by atoms with E-state index in [-0.39, 0.29) is 11.8 Å². The number of nitrogens with one attached hydrogen (secondary N) is 1. The van der Waals surface area contributed by atoms with Crippen molar-refractivity contribution in [2.45, 2.75) is 33.7 Å². The van der Waals surface area contributed by atoms with Crippen LogP contribution in [0, 0.1) is 13.8 Å². The van der Waals surface area contributed by atoms with Crippen molar-refractivity contribution in [3.63, 3.8) is 0 Å². The van der Waals surface area contributed by atoms with Crippen LogP contribution in [0.5, 0.6) is 0 Å². The molecule has 1 aromatic heterocycles. The second-order valence-electron chi connectivity index (χ2n) is 5.96. The predicted molar refractivity (Wildman–Crippen MR) is 87.4 cm³/mol. The van der Waals surface area contributed by atoms with Crippen molar-refractivity contribution in [1.29, 1.82) is 0 Å². The molecule has 5 nitrogen and oxygen atoms in total. The Morgan fingerprint density at radius 1 is 1.17 bits per heavy atom. The van der Waals surface area contributed by atoms with Gasteiger partial charge in [0, 0.05) is 25.7 Å². The minimum absolute atomic E-state index is 0.0783. The summed E-state index contributed by atoms with van der Waals surface area (Å²) in [6.45, 7) is 6.53. The maximum absolute atomic E-state index is 12.4. The maximum atomic E-state index is 12.4. The van der Waals surface area contributed by atoms with Crippen LogP contribution in [0.4, 0.5) is 5.69 Å². The summed E-state index contributed by atoms with van der Waals surface area (Å²) in [5.74, 6) is 1.23. The van der Waals surface area contributed by atoms with Gasteiger partial charge in [0.2, 0.25) is 5.91 Å². The van der Waals surface area contributed by atoms with Crippen molar-refractivity contribution in [2.24, 2.45) is 0 Å². The smallest absolute Gasteiger partial charge is 0.259 e. The van der Waals surface area contributed by atoms with E-state index in [0.717, 1.165) is 30.0 Å². The topological polar surface area (TPSA) is 62.6 Å². The summed E-state index contributed by atoms with van der Waals surface area (Å²) in [6, 6.07) is 7.61. The largest absolute Gasteiger partial charge is 0.466 e. The first-order chi connectivity index (χ1) is 10.9. The summed E-state index contributed by atoms with van der Waals surface area (Å²) in [4.78, 5) is 25.7. The highest BCUT2D eigenvalue weighted by Crippen LogP contribution is 2.24. The Hall–Kier alpha value is -2.56. The number of carbonyl (C=O) groups is 2. The fraction of sp³-hybridized carbons (Fsp3) is 0.333. The number of rotatable bonds is 2. The third-order valence-electron chi connectivity index (χ3n) is 4.21. The van der Waals surface area contributed by atoms with Gasteiger partial charge in [-0.3, -0.25) is 9.59 Å². The fourth-order valence-corrected chi connectivity index (χ4v) is 2.96. The quantitative estimate of drug-likeness (QED) is 0.927. The van der Waals surface area contributed by atoms with Crippen LogP contribution in [-0.4, -0.2) is 23.3 Å². The van der Waals surface area contributed by atoms with Gasteiger partial charge >= 0.3 is 0 Å². The summed E-state index contributed by atoms with van der Waals surface area (Å²) < 4.78 is 5.40. The van der Waals surface area contributed by atoms with Gasteiger partial charge in [0.05, 0.1) is 5.56 Å². The van der Waals surface area contributed by atoms with Crippen molar-refractivity contribution < 1.29 is 14.0 Å². The first-order valence-electron chi connectivity index (χ1n) is 7.70. The fourth-order valence-electron chi connectivity index (χ4n) is 2.96. The Balaban J connectivity index is 1.79. The molecule has 1 aromatic carbocycles. The lowest BCUT2D eigenvalue weighted by Gasteiger charge is -2.28. The Kier molecular flexibility index (Phi) is 3.94. The van der Waals surface area contributed by atoms with E-state index in [1.165, 1.54) is 5.56 Å². The minimum atomic E-state index is -0.182. The number of fused-ring (bicyclic) bond motifs is 1. The van der Waals surface area contributed by atoms with Gasteiger partial charge in [-0.15, -0.1) is 0 Å². The lowest BCUT2D eigenvalue weighted by Crippen LogP contribution is -2.34. The van der Waals surface area contributed by atoms with E-state index >= 15 is 0 Å². The number of furan rings is 1. The molecule has 0 saturated carbocycles. The summed E-state index contributed by atoms with van der Waals surface area (Å²) in [5.41, 5.74) is 3.60. The van der Waals surface area contributed by atoms with Crippen LogP contribution in [0.2, 0.25) is 0 Å². The normalized spacial score (nSPS) is 13.6. The molecule has 0 spiro atoms. The molecule has 120 valence electrons. The van der Waals surface area contributed by atoms with Gasteiger partial charge in [-0.2, -0.15) is 0 Å². The van der Waals surface area contributed by atoms with E-state index in [1.54, 1.807) is 19.9 Å². The zero-order valence-corrected chi connectivity index (χ0v) is 13.6.